The molecule has 2 heterocycles. The molecule has 0 aromatic carbocycles. The van der Waals surface area contributed by atoms with Crippen LogP contribution in [-0.4, -0.2) is 37.1 Å². The molecule has 32 heavy (non-hydrogen) atoms. The minimum absolute atomic E-state index is 0.00908. The average Bonchev–Trinajstić information content (AvgIpc) is 2.99. The van der Waals surface area contributed by atoms with Crippen molar-refractivity contribution in [1.29, 1.82) is 4.78 Å². The van der Waals surface area contributed by atoms with Crippen molar-refractivity contribution in [2.75, 3.05) is 11.6 Å². The van der Waals surface area contributed by atoms with Crippen LogP contribution in [0.4, 0.5) is 23.2 Å². The highest BCUT2D eigenvalue weighted by molar-refractivity contribution is 7.91. The van der Waals surface area contributed by atoms with Gasteiger partial charge in [0.15, 0.2) is 0 Å². The van der Waals surface area contributed by atoms with Gasteiger partial charge in [-0.3, -0.25) is 9.48 Å². The molecule has 1 aliphatic carbocycles. The van der Waals surface area contributed by atoms with Crippen LogP contribution < -0.4 is 5.32 Å². The fraction of sp³-hybridized carbons (Fsp3) is 0.550. The van der Waals surface area contributed by atoms with Gasteiger partial charge in [0, 0.05) is 50.0 Å². The summed E-state index contributed by atoms with van der Waals surface area (Å²) in [6, 6.07) is 2.70. The van der Waals surface area contributed by atoms with E-state index in [1.165, 1.54) is 36.2 Å². The van der Waals surface area contributed by atoms with E-state index < -0.39 is 33.2 Å². The number of hydrogen-bond acceptors (Lipinski definition) is 5. The molecule has 1 amide bonds. The SMILES string of the molecule is Cc1c(C(C)(F)F)nn(CC2CCC(F)(F)CC2)c1C(=O)Nc1ccnc([S@](C)(=N)=O)c1. The first kappa shape index (κ1) is 24.1. The Kier molecular flexibility index (Phi) is 6.38. The number of halogens is 4. The number of nitrogens with one attached hydrogen (secondary N) is 2. The topological polar surface area (TPSA) is 101 Å². The van der Waals surface area contributed by atoms with Gasteiger partial charge >= 0.3 is 0 Å². The molecule has 176 valence electrons. The maximum Gasteiger partial charge on any atom is 0.289 e. The Balaban J connectivity index is 1.92. The second-order valence-corrected chi connectivity index (χ2v) is 10.5. The number of nitrogens with zero attached hydrogens (tertiary/aromatic N) is 3. The number of carbonyl (C=O) groups is 1. The monoisotopic (exact) mass is 475 g/mol. The summed E-state index contributed by atoms with van der Waals surface area (Å²) in [7, 11) is -3.13. The molecule has 12 heteroatoms. The molecule has 0 unspecified atom stereocenters. The normalized spacial score (nSPS) is 18.8. The lowest BCUT2D eigenvalue weighted by atomic mass is 9.87. The first-order valence-electron chi connectivity index (χ1n) is 10.0. The molecular formula is C20H25F4N5O2S. The molecule has 2 N–H and O–H groups in total. The van der Waals surface area contributed by atoms with Gasteiger partial charge in [-0.05, 0) is 37.8 Å². The van der Waals surface area contributed by atoms with E-state index in [1.807, 2.05) is 0 Å². The summed E-state index contributed by atoms with van der Waals surface area (Å²) in [5.74, 6) is -6.98. The Morgan fingerprint density at radius 1 is 1.38 bits per heavy atom. The molecule has 7 nitrogen and oxygen atoms in total. The molecule has 0 spiro atoms. The second kappa shape index (κ2) is 8.45. The zero-order valence-corrected chi connectivity index (χ0v) is 18.7. The molecule has 1 fully saturated rings. The van der Waals surface area contributed by atoms with Crippen LogP contribution in [0.5, 0.6) is 0 Å². The highest BCUT2D eigenvalue weighted by Gasteiger charge is 2.37. The van der Waals surface area contributed by atoms with Crippen molar-refractivity contribution >= 4 is 21.3 Å². The third-order valence-electron chi connectivity index (χ3n) is 5.48. The molecule has 3 rings (SSSR count). The fourth-order valence-corrected chi connectivity index (χ4v) is 4.42. The first-order valence-corrected chi connectivity index (χ1v) is 12.0. The highest BCUT2D eigenvalue weighted by Crippen LogP contribution is 2.37. The van der Waals surface area contributed by atoms with Crippen molar-refractivity contribution in [3.05, 3.63) is 35.3 Å². The molecule has 1 saturated carbocycles. The number of carbonyl (C=O) groups excluding carboxylic acids is 1. The number of alkyl halides is 4. The molecule has 0 bridgehead atoms. The van der Waals surface area contributed by atoms with Crippen molar-refractivity contribution in [3.63, 3.8) is 0 Å². The minimum atomic E-state index is -3.30. The van der Waals surface area contributed by atoms with Crippen LogP contribution in [0.15, 0.2) is 23.4 Å². The van der Waals surface area contributed by atoms with Crippen LogP contribution in [0.3, 0.4) is 0 Å². The van der Waals surface area contributed by atoms with Crippen LogP contribution in [0.25, 0.3) is 0 Å². The summed E-state index contributed by atoms with van der Waals surface area (Å²) in [6.45, 7) is 2.10. The molecule has 0 saturated heterocycles. The van der Waals surface area contributed by atoms with Gasteiger partial charge in [-0.1, -0.05) is 0 Å². The van der Waals surface area contributed by atoms with Gasteiger partial charge in [0.1, 0.15) is 16.4 Å². The largest absolute Gasteiger partial charge is 0.321 e. The molecule has 1 atom stereocenters. The van der Waals surface area contributed by atoms with E-state index in [9.17, 15) is 26.6 Å². The molecular weight excluding hydrogens is 450 g/mol. The van der Waals surface area contributed by atoms with E-state index >= 15 is 0 Å². The molecule has 2 aromatic heterocycles. The summed E-state index contributed by atoms with van der Waals surface area (Å²) in [6.07, 6.45) is 2.28. The predicted molar refractivity (Wildman–Crippen MR) is 111 cm³/mol. The van der Waals surface area contributed by atoms with Crippen molar-refractivity contribution in [1.82, 2.24) is 14.8 Å². The third kappa shape index (κ3) is 5.45. The number of pyridine rings is 1. The van der Waals surface area contributed by atoms with Crippen molar-refractivity contribution in [3.8, 4) is 0 Å². The Morgan fingerprint density at radius 3 is 2.56 bits per heavy atom. The lowest BCUT2D eigenvalue weighted by Gasteiger charge is -2.28. The van der Waals surface area contributed by atoms with Gasteiger partial charge in [0.2, 0.25) is 5.92 Å². The fourth-order valence-electron chi connectivity index (χ4n) is 3.81. The van der Waals surface area contributed by atoms with Crippen LogP contribution >= 0.6 is 0 Å². The maximum absolute atomic E-state index is 14.1. The van der Waals surface area contributed by atoms with Gasteiger partial charge in [0.25, 0.3) is 11.8 Å². The lowest BCUT2D eigenvalue weighted by Crippen LogP contribution is -2.28. The number of anilines is 1. The summed E-state index contributed by atoms with van der Waals surface area (Å²) < 4.78 is 75.9. The van der Waals surface area contributed by atoms with Crippen LogP contribution in [-0.2, 0) is 22.2 Å². The lowest BCUT2D eigenvalue weighted by molar-refractivity contribution is -0.0477. The molecule has 0 radical (unpaired) electrons. The summed E-state index contributed by atoms with van der Waals surface area (Å²) in [4.78, 5) is 16.9. The zero-order valence-electron chi connectivity index (χ0n) is 17.9. The first-order chi connectivity index (χ1) is 14.7. The molecule has 2 aromatic rings. The van der Waals surface area contributed by atoms with Crippen molar-refractivity contribution in [2.45, 2.75) is 62.9 Å². The van der Waals surface area contributed by atoms with Crippen LogP contribution in [0, 0.1) is 17.6 Å². The van der Waals surface area contributed by atoms with Crippen LogP contribution in [0.2, 0.25) is 0 Å². The number of amides is 1. The Bertz CT molecular complexity index is 1120. The highest BCUT2D eigenvalue weighted by atomic mass is 32.2. The van der Waals surface area contributed by atoms with Gasteiger partial charge in [-0.15, -0.1) is 0 Å². The van der Waals surface area contributed by atoms with Gasteiger partial charge in [-0.25, -0.2) is 22.8 Å². The third-order valence-corrected chi connectivity index (χ3v) is 6.50. The summed E-state index contributed by atoms with van der Waals surface area (Å²) >= 11 is 0. The van der Waals surface area contributed by atoms with Gasteiger partial charge in [-0.2, -0.15) is 13.9 Å². The van der Waals surface area contributed by atoms with E-state index in [4.69, 9.17) is 4.78 Å². The molecule has 1 aliphatic rings. The zero-order chi connectivity index (χ0) is 23.9. The number of aromatic nitrogens is 3. The van der Waals surface area contributed by atoms with E-state index in [2.05, 4.69) is 15.4 Å². The Labute approximate surface area is 183 Å². The minimum Gasteiger partial charge on any atom is -0.321 e. The average molecular weight is 476 g/mol. The van der Waals surface area contributed by atoms with Crippen molar-refractivity contribution < 1.29 is 26.6 Å². The van der Waals surface area contributed by atoms with Gasteiger partial charge in [0.05, 0.1) is 9.73 Å². The standard InChI is InChI=1S/C20H25F4N5O2S/c1-12-16(18(30)27-14-6-9-26-15(10-14)32(3,25)31)29(28-17(12)19(2,21)22)11-13-4-7-20(23,24)8-5-13/h6,9-10,13,25H,4-5,7-8,11H2,1-3H3,(H,26,27,30)/t32-/m1/s1. The Morgan fingerprint density at radius 2 is 2.00 bits per heavy atom. The van der Waals surface area contributed by atoms with Crippen LogP contribution in [0.1, 0.15) is 54.4 Å². The summed E-state index contributed by atoms with van der Waals surface area (Å²) in [5, 5.41) is 6.48. The van der Waals surface area contributed by atoms with E-state index in [0.29, 0.717) is 6.92 Å². The Hall–Kier alpha value is -2.50. The van der Waals surface area contributed by atoms with Gasteiger partial charge < -0.3 is 5.32 Å². The maximum atomic E-state index is 14.1. The van der Waals surface area contributed by atoms with E-state index in [0.717, 1.165) is 0 Å². The molecule has 0 aliphatic heterocycles. The number of rotatable bonds is 6. The van der Waals surface area contributed by atoms with E-state index in [-0.39, 0.29) is 60.1 Å². The predicted octanol–water partition coefficient (Wildman–Crippen LogP) is 4.81. The van der Waals surface area contributed by atoms with E-state index in [1.54, 1.807) is 0 Å². The quantitative estimate of drug-likeness (QED) is 0.586. The number of hydrogen-bond donors (Lipinski definition) is 2. The summed E-state index contributed by atoms with van der Waals surface area (Å²) in [5.41, 5.74) is -0.469. The smallest absolute Gasteiger partial charge is 0.289 e. The van der Waals surface area contributed by atoms with Crippen molar-refractivity contribution in [2.24, 2.45) is 5.92 Å². The second-order valence-electron chi connectivity index (χ2n) is 8.37.